The Bertz CT molecular complexity index is 1310. The Morgan fingerprint density at radius 3 is 2.31 bits per heavy atom. The minimum absolute atomic E-state index is 0.0944. The number of esters is 1. The molecule has 0 unspecified atom stereocenters. The number of pyridine rings is 1. The molecule has 36 heavy (non-hydrogen) atoms. The number of benzene rings is 2. The van der Waals surface area contributed by atoms with Crippen molar-refractivity contribution < 1.29 is 23.5 Å². The average molecular weight is 488 g/mol. The van der Waals surface area contributed by atoms with Gasteiger partial charge in [0.2, 0.25) is 0 Å². The monoisotopic (exact) mass is 487 g/mol. The lowest BCUT2D eigenvalue weighted by Crippen LogP contribution is -2.18. The fourth-order valence-electron chi connectivity index (χ4n) is 3.80. The van der Waals surface area contributed by atoms with Gasteiger partial charge in [-0.1, -0.05) is 30.3 Å². The number of unbranched alkanes of at least 4 members (excludes halogenated alkanes) is 1. The quantitative estimate of drug-likeness (QED) is 0.218. The smallest absolute Gasteiger partial charge is 0.420 e. The summed E-state index contributed by atoms with van der Waals surface area (Å²) in [7, 11) is 0. The maximum Gasteiger partial charge on any atom is 0.420 e. The normalized spacial score (nSPS) is 10.7. The Morgan fingerprint density at radius 2 is 1.61 bits per heavy atom. The molecule has 8 heteroatoms. The maximum absolute atomic E-state index is 13.7. The van der Waals surface area contributed by atoms with Gasteiger partial charge in [-0.2, -0.15) is 0 Å². The van der Waals surface area contributed by atoms with Crippen LogP contribution in [0.3, 0.4) is 0 Å². The van der Waals surface area contributed by atoms with E-state index in [4.69, 9.17) is 14.5 Å². The summed E-state index contributed by atoms with van der Waals surface area (Å²) in [6.45, 7) is 1.75. The summed E-state index contributed by atoms with van der Waals surface area (Å²) in [5, 5.41) is 0. The van der Waals surface area contributed by atoms with Gasteiger partial charge in [-0.25, -0.2) is 18.7 Å². The molecule has 0 fully saturated rings. The summed E-state index contributed by atoms with van der Waals surface area (Å²) in [5.74, 6) is -0.214. The van der Waals surface area contributed by atoms with Crippen molar-refractivity contribution in [2.45, 2.75) is 32.8 Å². The second-order valence-electron chi connectivity index (χ2n) is 8.14. The van der Waals surface area contributed by atoms with E-state index < -0.39 is 6.09 Å². The first-order valence-electron chi connectivity index (χ1n) is 11.7. The topological polar surface area (TPSA) is 83.3 Å². The van der Waals surface area contributed by atoms with Gasteiger partial charge in [-0.15, -0.1) is 0 Å². The molecule has 4 rings (SSSR count). The van der Waals surface area contributed by atoms with Crippen molar-refractivity contribution in [3.63, 3.8) is 0 Å². The van der Waals surface area contributed by atoms with Gasteiger partial charge < -0.3 is 9.47 Å². The molecule has 4 aromatic rings. The van der Waals surface area contributed by atoms with Crippen LogP contribution in [0.15, 0.2) is 79.1 Å². The number of aromatic nitrogens is 3. The molecule has 0 amide bonds. The molecule has 0 aliphatic heterocycles. The van der Waals surface area contributed by atoms with Gasteiger partial charge in [-0.3, -0.25) is 9.78 Å². The molecule has 0 bridgehead atoms. The van der Waals surface area contributed by atoms with E-state index in [1.54, 1.807) is 36.7 Å². The summed E-state index contributed by atoms with van der Waals surface area (Å²) < 4.78 is 25.9. The molecule has 184 valence electrons. The van der Waals surface area contributed by atoms with Crippen molar-refractivity contribution >= 4 is 12.1 Å². The third kappa shape index (κ3) is 6.21. The van der Waals surface area contributed by atoms with Crippen LogP contribution in [0, 0.1) is 5.82 Å². The summed E-state index contributed by atoms with van der Waals surface area (Å²) >= 11 is 0. The largest absolute Gasteiger partial charge is 0.466 e. The predicted molar refractivity (Wildman–Crippen MR) is 132 cm³/mol. The third-order valence-corrected chi connectivity index (χ3v) is 5.51. The number of imidazole rings is 1. The molecule has 2 aromatic heterocycles. The van der Waals surface area contributed by atoms with Gasteiger partial charge in [0, 0.05) is 36.9 Å². The second kappa shape index (κ2) is 11.9. The standard InChI is InChI=1S/C28H26FN3O4/c1-20(33)35-18-6-5-9-25-31-26(22-14-16-30-17-15-22)27(23-10-12-24(29)13-11-23)32(25)28(34)36-19-21-7-3-2-4-8-21/h2-4,7-8,10-17H,5-6,9,18-19H2,1H3. The van der Waals surface area contributed by atoms with Crippen molar-refractivity contribution in [2.24, 2.45) is 0 Å². The van der Waals surface area contributed by atoms with Crippen molar-refractivity contribution in [2.75, 3.05) is 6.61 Å². The van der Waals surface area contributed by atoms with E-state index in [1.807, 2.05) is 30.3 Å². The molecule has 2 heterocycles. The molecule has 0 radical (unpaired) electrons. The minimum Gasteiger partial charge on any atom is -0.466 e. The van der Waals surface area contributed by atoms with Gasteiger partial charge in [0.25, 0.3) is 0 Å². The number of hydrogen-bond donors (Lipinski definition) is 0. The zero-order valence-electron chi connectivity index (χ0n) is 19.9. The Balaban J connectivity index is 1.73. The summed E-state index contributed by atoms with van der Waals surface area (Å²) in [6, 6.07) is 18.9. The highest BCUT2D eigenvalue weighted by Crippen LogP contribution is 2.33. The molecule has 0 saturated carbocycles. The number of carbonyl (C=O) groups excluding carboxylic acids is 2. The fraction of sp³-hybridized carbons (Fsp3) is 0.214. The number of halogens is 1. The molecule has 0 saturated heterocycles. The number of aryl methyl sites for hydroxylation is 1. The van der Waals surface area contributed by atoms with Crippen LogP contribution in [-0.2, 0) is 27.3 Å². The number of rotatable bonds is 9. The van der Waals surface area contributed by atoms with Gasteiger partial charge in [0.1, 0.15) is 18.2 Å². The first-order valence-corrected chi connectivity index (χ1v) is 11.7. The van der Waals surface area contributed by atoms with Crippen molar-refractivity contribution in [1.29, 1.82) is 0 Å². The molecule has 0 aliphatic carbocycles. The molecule has 0 N–H and O–H groups in total. The van der Waals surface area contributed by atoms with E-state index in [0.717, 1.165) is 11.1 Å². The van der Waals surface area contributed by atoms with Gasteiger partial charge in [0.05, 0.1) is 18.0 Å². The van der Waals surface area contributed by atoms with E-state index in [0.29, 0.717) is 42.0 Å². The summed E-state index contributed by atoms with van der Waals surface area (Å²) in [6.07, 6.45) is 4.41. The number of hydrogen-bond acceptors (Lipinski definition) is 6. The first kappa shape index (κ1) is 24.8. The lowest BCUT2D eigenvalue weighted by Gasteiger charge is -2.13. The van der Waals surface area contributed by atoms with Crippen molar-refractivity contribution in [3.8, 4) is 22.5 Å². The van der Waals surface area contributed by atoms with E-state index in [1.165, 1.54) is 23.6 Å². The van der Waals surface area contributed by atoms with Crippen LogP contribution in [0.2, 0.25) is 0 Å². The lowest BCUT2D eigenvalue weighted by atomic mass is 10.1. The Kier molecular flexibility index (Phi) is 8.18. The zero-order valence-corrected chi connectivity index (χ0v) is 19.9. The fourth-order valence-corrected chi connectivity index (χ4v) is 3.80. The van der Waals surface area contributed by atoms with Crippen LogP contribution in [0.1, 0.15) is 31.2 Å². The van der Waals surface area contributed by atoms with Crippen LogP contribution in [0.25, 0.3) is 22.5 Å². The van der Waals surface area contributed by atoms with Crippen molar-refractivity contribution in [1.82, 2.24) is 14.5 Å². The Hall–Kier alpha value is -4.33. The minimum atomic E-state index is -0.582. The van der Waals surface area contributed by atoms with E-state index in [2.05, 4.69) is 4.98 Å². The number of ether oxygens (including phenoxy) is 2. The van der Waals surface area contributed by atoms with E-state index in [-0.39, 0.29) is 25.0 Å². The summed E-state index contributed by atoms with van der Waals surface area (Å²) in [4.78, 5) is 33.4. The lowest BCUT2D eigenvalue weighted by molar-refractivity contribution is -0.141. The first-order chi connectivity index (χ1) is 17.5. The molecule has 2 aromatic carbocycles. The molecule has 0 aliphatic rings. The van der Waals surface area contributed by atoms with Crippen LogP contribution >= 0.6 is 0 Å². The van der Waals surface area contributed by atoms with Crippen LogP contribution in [-0.4, -0.2) is 33.2 Å². The van der Waals surface area contributed by atoms with Gasteiger partial charge in [0.15, 0.2) is 0 Å². The molecular formula is C28H26FN3O4. The van der Waals surface area contributed by atoms with Crippen LogP contribution in [0.4, 0.5) is 9.18 Å². The highest BCUT2D eigenvalue weighted by Gasteiger charge is 2.25. The van der Waals surface area contributed by atoms with Crippen molar-refractivity contribution in [3.05, 3.63) is 96.3 Å². The highest BCUT2D eigenvalue weighted by atomic mass is 19.1. The van der Waals surface area contributed by atoms with E-state index >= 15 is 0 Å². The maximum atomic E-state index is 13.7. The van der Waals surface area contributed by atoms with E-state index in [9.17, 15) is 14.0 Å². The molecule has 7 nitrogen and oxygen atoms in total. The third-order valence-electron chi connectivity index (χ3n) is 5.51. The number of nitrogens with zero attached hydrogens (tertiary/aromatic N) is 3. The van der Waals surface area contributed by atoms with Gasteiger partial charge >= 0.3 is 12.1 Å². The predicted octanol–water partition coefficient (Wildman–Crippen LogP) is 5.82. The average Bonchev–Trinajstić information content (AvgIpc) is 3.28. The zero-order chi connectivity index (χ0) is 25.3. The highest BCUT2D eigenvalue weighted by molar-refractivity contribution is 5.87. The Labute approximate surface area is 208 Å². The molecular weight excluding hydrogens is 461 g/mol. The van der Waals surface area contributed by atoms with Crippen LogP contribution < -0.4 is 0 Å². The second-order valence-corrected chi connectivity index (χ2v) is 8.14. The molecule has 0 spiro atoms. The molecule has 0 atom stereocenters. The van der Waals surface area contributed by atoms with Crippen LogP contribution in [0.5, 0.6) is 0 Å². The summed E-state index contributed by atoms with van der Waals surface area (Å²) in [5.41, 5.74) is 3.31. The Morgan fingerprint density at radius 1 is 0.889 bits per heavy atom. The number of carbonyl (C=O) groups is 2. The SMILES string of the molecule is CC(=O)OCCCCc1nc(-c2ccncc2)c(-c2ccc(F)cc2)n1C(=O)OCc1ccccc1. The van der Waals surface area contributed by atoms with Gasteiger partial charge in [-0.05, 0) is 54.8 Å².